The summed E-state index contributed by atoms with van der Waals surface area (Å²) >= 11 is 6.23. The summed E-state index contributed by atoms with van der Waals surface area (Å²) in [6.07, 6.45) is 5.32. The van der Waals surface area contributed by atoms with Crippen LogP contribution in [0.4, 0.5) is 5.69 Å². The van der Waals surface area contributed by atoms with Gasteiger partial charge in [0, 0.05) is 16.8 Å². The second-order valence-electron chi connectivity index (χ2n) is 6.81. The van der Waals surface area contributed by atoms with Gasteiger partial charge in [0.05, 0.1) is 18.4 Å². The third-order valence-electron chi connectivity index (χ3n) is 4.62. The van der Waals surface area contributed by atoms with Crippen molar-refractivity contribution in [3.63, 3.8) is 0 Å². The number of hydrogen-bond acceptors (Lipinski definition) is 2. The zero-order valence-corrected chi connectivity index (χ0v) is 17.0. The van der Waals surface area contributed by atoms with Crippen LogP contribution in [-0.2, 0) is 11.3 Å². The number of benzene rings is 3. The van der Waals surface area contributed by atoms with E-state index < -0.39 is 0 Å². The van der Waals surface area contributed by atoms with Gasteiger partial charge in [0.15, 0.2) is 0 Å². The Morgan fingerprint density at radius 3 is 2.33 bits per heavy atom. The number of nitrogens with zero attached hydrogens (tertiary/aromatic N) is 2. The van der Waals surface area contributed by atoms with Crippen molar-refractivity contribution in [2.45, 2.75) is 6.54 Å². The number of rotatable bonds is 6. The summed E-state index contributed by atoms with van der Waals surface area (Å²) in [5, 5.41) is 7.99. The topological polar surface area (TPSA) is 46.9 Å². The second-order valence-corrected chi connectivity index (χ2v) is 7.21. The van der Waals surface area contributed by atoms with Gasteiger partial charge in [-0.3, -0.25) is 9.48 Å². The Morgan fingerprint density at radius 1 is 0.933 bits per heavy atom. The molecule has 0 aliphatic carbocycles. The lowest BCUT2D eigenvalue weighted by Gasteiger charge is -2.09. The van der Waals surface area contributed by atoms with Crippen LogP contribution in [0.5, 0.6) is 0 Å². The first-order chi connectivity index (χ1) is 14.7. The molecule has 0 aliphatic rings. The fraction of sp³-hybridized carbons (Fsp3) is 0.0400. The molecule has 1 aromatic heterocycles. The van der Waals surface area contributed by atoms with Gasteiger partial charge in [-0.2, -0.15) is 5.10 Å². The van der Waals surface area contributed by atoms with E-state index in [0.29, 0.717) is 22.8 Å². The number of anilines is 1. The molecule has 5 heteroatoms. The monoisotopic (exact) mass is 413 g/mol. The number of hydrogen-bond donors (Lipinski definition) is 1. The molecule has 0 fully saturated rings. The molecule has 0 bridgehead atoms. The van der Waals surface area contributed by atoms with Gasteiger partial charge in [-0.15, -0.1) is 0 Å². The van der Waals surface area contributed by atoms with Crippen LogP contribution in [0.2, 0.25) is 5.02 Å². The molecule has 1 N–H and O–H groups in total. The van der Waals surface area contributed by atoms with Gasteiger partial charge in [0.1, 0.15) is 0 Å². The lowest BCUT2D eigenvalue weighted by Crippen LogP contribution is -2.13. The smallest absolute Gasteiger partial charge is 0.256 e. The molecule has 0 atom stereocenters. The van der Waals surface area contributed by atoms with E-state index in [1.54, 1.807) is 17.1 Å². The fourth-order valence-electron chi connectivity index (χ4n) is 3.13. The summed E-state index contributed by atoms with van der Waals surface area (Å²) in [6, 6.07) is 27.1. The van der Waals surface area contributed by atoms with Gasteiger partial charge < -0.3 is 5.32 Å². The summed E-state index contributed by atoms with van der Waals surface area (Å²) in [5.74, 6) is -0.192. The highest BCUT2D eigenvalue weighted by atomic mass is 35.5. The molecule has 4 aromatic rings. The van der Waals surface area contributed by atoms with Crippen LogP contribution < -0.4 is 5.32 Å². The molecule has 1 heterocycles. The summed E-state index contributed by atoms with van der Waals surface area (Å²) in [6.45, 7) is 0.529. The zero-order chi connectivity index (χ0) is 20.8. The van der Waals surface area contributed by atoms with Crippen LogP contribution in [0.25, 0.3) is 11.6 Å². The first kappa shape index (κ1) is 19.7. The van der Waals surface area contributed by atoms with Gasteiger partial charge >= 0.3 is 0 Å². The lowest BCUT2D eigenvalue weighted by atomic mass is 10.0. The Bertz CT molecular complexity index is 1170. The maximum atomic E-state index is 13.1. The van der Waals surface area contributed by atoms with E-state index in [-0.39, 0.29) is 5.91 Å². The summed E-state index contributed by atoms with van der Waals surface area (Å²) in [5.41, 5.74) is 3.99. The van der Waals surface area contributed by atoms with Crippen LogP contribution in [0.3, 0.4) is 0 Å². The first-order valence-corrected chi connectivity index (χ1v) is 9.96. The highest BCUT2D eigenvalue weighted by molar-refractivity contribution is 6.31. The predicted octanol–water partition coefficient (Wildman–Crippen LogP) is 5.76. The van der Waals surface area contributed by atoms with Gasteiger partial charge in [0.2, 0.25) is 0 Å². The van der Waals surface area contributed by atoms with Gasteiger partial charge in [0.25, 0.3) is 5.91 Å². The molecule has 0 spiro atoms. The Morgan fingerprint density at radius 2 is 1.60 bits per heavy atom. The first-order valence-electron chi connectivity index (χ1n) is 9.58. The third-order valence-corrected chi connectivity index (χ3v) is 4.99. The fourth-order valence-corrected chi connectivity index (χ4v) is 3.32. The maximum Gasteiger partial charge on any atom is 0.256 e. The van der Waals surface area contributed by atoms with Crippen LogP contribution in [-0.4, -0.2) is 15.7 Å². The van der Waals surface area contributed by atoms with Crippen molar-refractivity contribution >= 4 is 34.8 Å². The van der Waals surface area contributed by atoms with Gasteiger partial charge in [-0.25, -0.2) is 0 Å². The molecule has 3 aromatic carbocycles. The SMILES string of the molecule is O=C(Nc1cnn(Cc2ccccc2Cl)c1)/C(=C\c1ccccc1)c1ccccc1. The number of carbonyl (C=O) groups is 1. The van der Waals surface area contributed by atoms with Crippen LogP contribution in [0.1, 0.15) is 16.7 Å². The Balaban J connectivity index is 1.55. The number of nitrogens with one attached hydrogen (secondary N) is 1. The quantitative estimate of drug-likeness (QED) is 0.322. The van der Waals surface area contributed by atoms with Gasteiger partial charge in [-0.05, 0) is 28.8 Å². The molecule has 4 nitrogen and oxygen atoms in total. The van der Waals surface area contributed by atoms with E-state index in [1.165, 1.54) is 0 Å². The molecule has 148 valence electrons. The summed E-state index contributed by atoms with van der Waals surface area (Å²) in [7, 11) is 0. The normalized spacial score (nSPS) is 11.3. The average molecular weight is 414 g/mol. The molecule has 1 amide bonds. The van der Waals surface area contributed by atoms with E-state index in [2.05, 4.69) is 10.4 Å². The minimum absolute atomic E-state index is 0.192. The number of carbonyl (C=O) groups excluding carboxylic acids is 1. The van der Waals surface area contributed by atoms with Crippen molar-refractivity contribution in [3.8, 4) is 0 Å². The zero-order valence-electron chi connectivity index (χ0n) is 16.2. The van der Waals surface area contributed by atoms with E-state index in [9.17, 15) is 4.79 Å². The molecular weight excluding hydrogens is 394 g/mol. The largest absolute Gasteiger partial charge is 0.319 e. The molecule has 30 heavy (non-hydrogen) atoms. The number of aromatic nitrogens is 2. The minimum atomic E-state index is -0.192. The number of halogens is 1. The third kappa shape index (κ3) is 4.85. The molecule has 0 saturated carbocycles. The molecule has 0 radical (unpaired) electrons. The van der Waals surface area contributed by atoms with Crippen LogP contribution in [0.15, 0.2) is 97.3 Å². The average Bonchev–Trinajstić information content (AvgIpc) is 3.21. The molecule has 0 aliphatic heterocycles. The van der Waals surface area contributed by atoms with Crippen LogP contribution in [0, 0.1) is 0 Å². The van der Waals surface area contributed by atoms with Crippen molar-refractivity contribution in [3.05, 3.63) is 119 Å². The molecular formula is C25H20ClN3O. The highest BCUT2D eigenvalue weighted by Gasteiger charge is 2.13. The van der Waals surface area contributed by atoms with Crippen molar-refractivity contribution in [1.82, 2.24) is 9.78 Å². The van der Waals surface area contributed by atoms with Crippen LogP contribution >= 0.6 is 11.6 Å². The van der Waals surface area contributed by atoms with Crippen molar-refractivity contribution in [2.24, 2.45) is 0 Å². The van der Waals surface area contributed by atoms with Crippen molar-refractivity contribution in [1.29, 1.82) is 0 Å². The summed E-state index contributed by atoms with van der Waals surface area (Å²) < 4.78 is 1.75. The Hall–Kier alpha value is -3.63. The van der Waals surface area contributed by atoms with E-state index >= 15 is 0 Å². The van der Waals surface area contributed by atoms with E-state index in [1.807, 2.05) is 91.0 Å². The summed E-state index contributed by atoms with van der Waals surface area (Å²) in [4.78, 5) is 13.1. The van der Waals surface area contributed by atoms with Gasteiger partial charge in [-0.1, -0.05) is 90.5 Å². The Kier molecular flexibility index (Phi) is 6.06. The van der Waals surface area contributed by atoms with Crippen molar-refractivity contribution in [2.75, 3.05) is 5.32 Å². The minimum Gasteiger partial charge on any atom is -0.319 e. The lowest BCUT2D eigenvalue weighted by molar-refractivity contribution is -0.111. The van der Waals surface area contributed by atoms with E-state index in [0.717, 1.165) is 16.7 Å². The maximum absolute atomic E-state index is 13.1. The van der Waals surface area contributed by atoms with E-state index in [4.69, 9.17) is 11.6 Å². The second kappa shape index (κ2) is 9.25. The predicted molar refractivity (Wildman–Crippen MR) is 122 cm³/mol. The highest BCUT2D eigenvalue weighted by Crippen LogP contribution is 2.21. The Labute approximate surface area is 180 Å². The standard InChI is InChI=1S/C25H20ClN3O/c26-24-14-8-7-13-21(24)17-29-18-22(16-27-29)28-25(30)23(20-11-5-2-6-12-20)15-19-9-3-1-4-10-19/h1-16,18H,17H2,(H,28,30)/b23-15-. The molecule has 0 unspecified atom stereocenters. The molecule has 4 rings (SSSR count). The molecule has 0 saturated heterocycles. The van der Waals surface area contributed by atoms with Crippen molar-refractivity contribution < 1.29 is 4.79 Å². The number of amides is 1.